The number of anilines is 6. The van der Waals surface area contributed by atoms with Crippen LogP contribution in [0.25, 0.3) is 68.3 Å². The summed E-state index contributed by atoms with van der Waals surface area (Å²) in [5.74, 6) is 0. The van der Waals surface area contributed by atoms with Gasteiger partial charge >= 0.3 is 0 Å². The predicted molar refractivity (Wildman–Crippen MR) is 356 cm³/mol. The Morgan fingerprint density at radius 1 is 0.293 bits per heavy atom. The van der Waals surface area contributed by atoms with Crippen molar-refractivity contribution < 1.29 is 0 Å². The molecule has 362 valence electrons. The van der Waals surface area contributed by atoms with E-state index in [1.165, 1.54) is 151 Å². The standard InChI is InChI=1S/C48H38N6S9Si12/c1-3-31(55-13-1)43-37-39(51-68-19-15-64-49(37)65-16-20-69-51)45(61-43)33-9-5-27(57-33)29-7-11-35(59-29)47-41-42(54-74-25-23-72-53(41)73-24-26-75-54)48(63-47)36-12-8-30(60-36)28-6-10-34(58-28)46-40-38(44(62-46)32-4-2-14-56-32)50-66-17-21-70-52(40)71-22-18-67-50/h1-14H,15-26H2. The van der Waals surface area contributed by atoms with Gasteiger partial charge in [0.15, 0.2) is 116 Å². The Bertz CT molecular complexity index is 3500. The molecule has 6 nitrogen and oxygen atoms in total. The summed E-state index contributed by atoms with van der Waals surface area (Å²) in [4.78, 5) is 23.3. The van der Waals surface area contributed by atoms with Gasteiger partial charge in [0.05, 0.1) is 63.4 Å². The normalized spacial score (nSPS) is 19.0. The Morgan fingerprint density at radius 3 is 0.853 bits per heavy atom. The zero-order valence-electron chi connectivity index (χ0n) is 39.9. The quantitative estimate of drug-likeness (QED) is 0.111. The van der Waals surface area contributed by atoms with E-state index in [9.17, 15) is 0 Å². The molecule has 0 amide bonds. The molecule has 0 saturated heterocycles. The second kappa shape index (κ2) is 22.2. The molecule has 8 aromatic heterocycles. The van der Waals surface area contributed by atoms with Crippen molar-refractivity contribution in [3.05, 3.63) is 83.1 Å². The highest BCUT2D eigenvalue weighted by atomic mass is 32.1. The summed E-state index contributed by atoms with van der Waals surface area (Å²) in [7, 11) is 12.5. The lowest BCUT2D eigenvalue weighted by Gasteiger charge is -2.36. The number of nitrogens with zero attached hydrogens (tertiary/aromatic N) is 6. The van der Waals surface area contributed by atoms with E-state index in [2.05, 4.69) is 143 Å². The molecule has 0 aliphatic carbocycles. The number of allylic oxidation sites excluding steroid dienone is 2. The van der Waals surface area contributed by atoms with Crippen LogP contribution in [0.2, 0.25) is 72.5 Å². The summed E-state index contributed by atoms with van der Waals surface area (Å²) in [6.07, 6.45) is 4.61. The highest BCUT2D eigenvalue weighted by Crippen LogP contribution is 2.60. The summed E-state index contributed by atoms with van der Waals surface area (Å²) in [5, 5.41) is 4.54. The van der Waals surface area contributed by atoms with Crippen molar-refractivity contribution in [2.45, 2.75) is 72.5 Å². The topological polar surface area (TPSA) is 19.4 Å². The Morgan fingerprint density at radius 2 is 0.573 bits per heavy atom. The van der Waals surface area contributed by atoms with Crippen molar-refractivity contribution in [3.63, 3.8) is 0 Å². The fraction of sp³-hybridized carbons (Fsp3) is 0.250. The maximum atomic E-state index is 2.87. The molecule has 7 aliphatic rings. The summed E-state index contributed by atoms with van der Waals surface area (Å²) in [5.41, 5.74) is 9.33. The molecule has 0 spiro atoms. The molecule has 15 heterocycles. The van der Waals surface area contributed by atoms with Gasteiger partial charge in [0.25, 0.3) is 0 Å². The first kappa shape index (κ1) is 50.6. The van der Waals surface area contributed by atoms with Gasteiger partial charge in [-0.15, -0.1) is 102 Å². The SMILES string of the molecule is C1=CC(c2sc(-c3ccc(-c4ccc(-c5sc(-c6ccc(-c7ccc(-c8sc(-c9cccs9)c9c8N8[Si]CC[Si]N9[Si]CC[Si]8)s7)s6)c6c5N5[Si]CC[Si]N6[Si]CC[Si]5)s4)s3)c3c2N2[Si]CC[Si]N3[Si]CC[Si]2)=S=C1. The number of rotatable bonds is 8. The van der Waals surface area contributed by atoms with E-state index in [0.717, 1.165) is 116 Å². The second-order valence-electron chi connectivity index (χ2n) is 17.9. The molecule has 24 radical (unpaired) electrons. The van der Waals surface area contributed by atoms with Crippen molar-refractivity contribution in [3.8, 4) is 68.3 Å². The Hall–Kier alpha value is -1.30. The zero-order valence-corrected chi connectivity index (χ0v) is 59.3. The molecule has 7 aliphatic heterocycles. The number of thiophene rings is 8. The smallest absolute Gasteiger partial charge is 0.170 e. The van der Waals surface area contributed by atoms with Crippen LogP contribution >= 0.6 is 102 Å². The van der Waals surface area contributed by atoms with Crippen molar-refractivity contribution >= 4 is 262 Å². The maximum absolute atomic E-state index is 2.87. The molecular weight excluding hydrogens is 1290 g/mol. The molecular formula is C48H38N6S9Si12. The van der Waals surface area contributed by atoms with Crippen LogP contribution in [-0.4, -0.2) is 126 Å². The van der Waals surface area contributed by atoms with E-state index in [0.29, 0.717) is 0 Å². The van der Waals surface area contributed by atoms with E-state index in [4.69, 9.17) is 0 Å². The first-order valence-corrected chi connectivity index (χ1v) is 46.1. The molecule has 0 aromatic carbocycles. The van der Waals surface area contributed by atoms with Gasteiger partial charge in [-0.3, -0.25) is 0 Å². The Kier molecular flexibility index (Phi) is 15.0. The van der Waals surface area contributed by atoms with Crippen LogP contribution in [0.15, 0.2) is 78.2 Å². The molecule has 6 bridgehead atoms. The van der Waals surface area contributed by atoms with Crippen LogP contribution in [0.3, 0.4) is 0 Å². The molecule has 0 unspecified atom stereocenters. The van der Waals surface area contributed by atoms with E-state index in [1.54, 1.807) is 34.1 Å². The third kappa shape index (κ3) is 9.59. The van der Waals surface area contributed by atoms with Gasteiger partial charge in [0.2, 0.25) is 0 Å². The molecule has 8 aromatic rings. The third-order valence-corrected chi connectivity index (χ3v) is 45.1. The molecule has 27 heteroatoms. The van der Waals surface area contributed by atoms with E-state index in [-0.39, 0.29) is 0 Å². The summed E-state index contributed by atoms with van der Waals surface area (Å²) < 4.78 is 17.1. The molecule has 75 heavy (non-hydrogen) atoms. The largest absolute Gasteiger partial charge is 0.424 e. The highest BCUT2D eigenvalue weighted by Gasteiger charge is 2.37. The predicted octanol–water partition coefficient (Wildman–Crippen LogP) is 13.8. The lowest BCUT2D eigenvalue weighted by molar-refractivity contribution is 1.27. The van der Waals surface area contributed by atoms with Crippen LogP contribution in [-0.2, 0) is 0 Å². The summed E-state index contributed by atoms with van der Waals surface area (Å²) >= 11 is 16.3. The lowest BCUT2D eigenvalue weighted by atomic mass is 10.2. The Balaban J connectivity index is 0.790. The van der Waals surface area contributed by atoms with E-state index < -0.39 is 0 Å². The van der Waals surface area contributed by atoms with Crippen molar-refractivity contribution in [1.29, 1.82) is 0 Å². The van der Waals surface area contributed by atoms with Gasteiger partial charge in [-0.2, -0.15) is 0 Å². The highest BCUT2D eigenvalue weighted by molar-refractivity contribution is 7.98. The summed E-state index contributed by atoms with van der Waals surface area (Å²) in [6.45, 7) is 0. The van der Waals surface area contributed by atoms with E-state index >= 15 is 0 Å². The van der Waals surface area contributed by atoms with E-state index in [1.807, 2.05) is 67.6 Å². The van der Waals surface area contributed by atoms with Crippen molar-refractivity contribution in [1.82, 2.24) is 0 Å². The first-order valence-electron chi connectivity index (χ1n) is 24.8. The molecule has 0 fully saturated rings. The van der Waals surface area contributed by atoms with Crippen LogP contribution in [0.1, 0.15) is 4.88 Å². The van der Waals surface area contributed by atoms with Gasteiger partial charge in [0, 0.05) is 48.8 Å². The number of hydrogen-bond donors (Lipinski definition) is 0. The minimum absolute atomic E-state index is 0.860. The van der Waals surface area contributed by atoms with Gasteiger partial charge in [-0.05, 0) is 144 Å². The molecule has 0 saturated carbocycles. The average Bonchev–Trinajstić information content (AvgIpc) is 4.32. The van der Waals surface area contributed by atoms with Crippen LogP contribution in [0, 0.1) is 0 Å². The van der Waals surface area contributed by atoms with Gasteiger partial charge in [-0.25, -0.2) is 0 Å². The monoisotopic (exact) mass is 1320 g/mol. The molecule has 0 N–H and O–H groups in total. The minimum Gasteiger partial charge on any atom is -0.424 e. The van der Waals surface area contributed by atoms with Crippen LogP contribution in [0.4, 0.5) is 34.1 Å². The fourth-order valence-corrected chi connectivity index (χ4v) is 40.4. The van der Waals surface area contributed by atoms with Gasteiger partial charge in [-0.1, -0.05) is 12.1 Å². The first-order chi connectivity index (χ1) is 37.2. The van der Waals surface area contributed by atoms with Gasteiger partial charge in [0.1, 0.15) is 0 Å². The Labute approximate surface area is 505 Å². The summed E-state index contributed by atoms with van der Waals surface area (Å²) in [6, 6.07) is 40.2. The minimum atomic E-state index is 0.860. The van der Waals surface area contributed by atoms with Gasteiger partial charge < -0.3 is 25.4 Å². The number of hydrogen-bond acceptors (Lipinski definition) is 14. The molecule has 15 rings (SSSR count). The zero-order chi connectivity index (χ0) is 49.4. The van der Waals surface area contributed by atoms with Crippen molar-refractivity contribution in [2.24, 2.45) is 0 Å². The average molecular weight is 1320 g/mol. The van der Waals surface area contributed by atoms with Crippen molar-refractivity contribution in [2.75, 3.05) is 25.4 Å². The fourth-order valence-electron chi connectivity index (χ4n) is 9.97. The van der Waals surface area contributed by atoms with Crippen LogP contribution in [0.5, 0.6) is 0 Å². The lowest BCUT2D eigenvalue weighted by Crippen LogP contribution is -2.42. The van der Waals surface area contributed by atoms with Crippen LogP contribution < -0.4 is 25.4 Å². The third-order valence-electron chi connectivity index (χ3n) is 13.2. The second-order valence-corrected chi connectivity index (χ2v) is 45.0. The molecule has 0 atom stereocenters. The maximum Gasteiger partial charge on any atom is 0.170 e.